The zero-order valence-electron chi connectivity index (χ0n) is 17.0. The smallest absolute Gasteiger partial charge is 0.281 e. The monoisotopic (exact) mass is 422 g/mol. The van der Waals surface area contributed by atoms with Gasteiger partial charge in [0.15, 0.2) is 0 Å². The fourth-order valence-corrected chi connectivity index (χ4v) is 3.30. The van der Waals surface area contributed by atoms with Crippen molar-refractivity contribution in [1.82, 2.24) is 15.0 Å². The number of nitrogens with two attached hydrogens (primary N) is 2. The number of carbonyl (C=O) groups excluding carboxylic acids is 1. The first-order chi connectivity index (χ1) is 14.2. The van der Waals surface area contributed by atoms with Crippen LogP contribution in [0.1, 0.15) is 36.7 Å². The molecular formula is C22H23ClN6O. The zero-order valence-corrected chi connectivity index (χ0v) is 17.8. The van der Waals surface area contributed by atoms with E-state index in [1.165, 1.54) is 6.20 Å². The van der Waals surface area contributed by atoms with Crippen LogP contribution in [0.4, 0.5) is 5.95 Å². The summed E-state index contributed by atoms with van der Waals surface area (Å²) in [6, 6.07) is 11.1. The van der Waals surface area contributed by atoms with Crippen molar-refractivity contribution in [3.8, 4) is 11.1 Å². The SMILES string of the molecule is CC(C)C(C)(C(N)=NC(=O)c1cccnc1Cl)c1ccc(-c2cnc(N)nc2)cc1. The lowest BCUT2D eigenvalue weighted by Gasteiger charge is -2.34. The van der Waals surface area contributed by atoms with Crippen molar-refractivity contribution >= 4 is 29.3 Å². The molecule has 3 rings (SSSR count). The Hall–Kier alpha value is -3.32. The molecule has 0 aliphatic rings. The van der Waals surface area contributed by atoms with Gasteiger partial charge in [0.25, 0.3) is 5.91 Å². The Morgan fingerprint density at radius 1 is 1.07 bits per heavy atom. The first-order valence-electron chi connectivity index (χ1n) is 9.41. The molecule has 1 amide bonds. The van der Waals surface area contributed by atoms with Crippen LogP contribution in [-0.2, 0) is 5.41 Å². The largest absolute Gasteiger partial charge is 0.386 e. The number of nitrogens with zero attached hydrogens (tertiary/aromatic N) is 4. The van der Waals surface area contributed by atoms with Crippen LogP contribution < -0.4 is 11.5 Å². The number of pyridine rings is 1. The van der Waals surface area contributed by atoms with E-state index in [1.807, 2.05) is 45.0 Å². The Kier molecular flexibility index (Phi) is 6.12. The fourth-order valence-electron chi connectivity index (χ4n) is 3.10. The van der Waals surface area contributed by atoms with E-state index < -0.39 is 11.3 Å². The maximum absolute atomic E-state index is 12.6. The van der Waals surface area contributed by atoms with Gasteiger partial charge < -0.3 is 11.5 Å². The molecule has 4 N–H and O–H groups in total. The molecule has 30 heavy (non-hydrogen) atoms. The maximum atomic E-state index is 12.6. The van der Waals surface area contributed by atoms with Crippen LogP contribution in [0.3, 0.4) is 0 Å². The van der Waals surface area contributed by atoms with Crippen LogP contribution in [0.15, 0.2) is 60.0 Å². The van der Waals surface area contributed by atoms with Crippen LogP contribution in [0.5, 0.6) is 0 Å². The number of rotatable bonds is 5. The Bertz CT molecular complexity index is 1080. The molecule has 0 radical (unpaired) electrons. The van der Waals surface area contributed by atoms with E-state index in [0.717, 1.165) is 16.7 Å². The van der Waals surface area contributed by atoms with E-state index in [2.05, 4.69) is 19.9 Å². The van der Waals surface area contributed by atoms with Crippen molar-refractivity contribution < 1.29 is 4.79 Å². The quantitative estimate of drug-likeness (QED) is 0.365. The summed E-state index contributed by atoms with van der Waals surface area (Å²) in [6.45, 7) is 6.03. The van der Waals surface area contributed by atoms with E-state index in [0.29, 0.717) is 0 Å². The molecule has 1 aromatic carbocycles. The number of amides is 1. The molecule has 0 saturated carbocycles. The molecule has 8 heteroatoms. The van der Waals surface area contributed by atoms with Crippen LogP contribution in [0, 0.1) is 5.92 Å². The minimum Gasteiger partial charge on any atom is -0.386 e. The number of halogens is 1. The first-order valence-corrected chi connectivity index (χ1v) is 9.79. The average Bonchev–Trinajstić information content (AvgIpc) is 2.73. The lowest BCUT2D eigenvalue weighted by Crippen LogP contribution is -2.43. The van der Waals surface area contributed by atoms with Crippen molar-refractivity contribution in [1.29, 1.82) is 0 Å². The van der Waals surface area contributed by atoms with Gasteiger partial charge in [-0.25, -0.2) is 15.0 Å². The van der Waals surface area contributed by atoms with Crippen molar-refractivity contribution in [3.63, 3.8) is 0 Å². The molecule has 2 heterocycles. The molecule has 1 atom stereocenters. The fraction of sp³-hybridized carbons (Fsp3) is 0.227. The Balaban J connectivity index is 1.96. The number of nitrogen functional groups attached to an aromatic ring is 1. The summed E-state index contributed by atoms with van der Waals surface area (Å²) in [5.74, 6) is -0.00615. The standard InChI is InChI=1S/C22H23ClN6O/c1-13(2)22(3,20(24)29-19(30)17-5-4-10-26-18(17)23)16-8-6-14(7-9-16)15-11-27-21(25)28-12-15/h4-13H,1-3H3,(H2,24,29,30)(H2,25,27,28). The Morgan fingerprint density at radius 3 is 2.27 bits per heavy atom. The molecule has 3 aromatic rings. The number of anilines is 1. The van der Waals surface area contributed by atoms with E-state index in [4.69, 9.17) is 23.1 Å². The summed E-state index contributed by atoms with van der Waals surface area (Å²) in [4.78, 5) is 28.8. The molecule has 1 unspecified atom stereocenters. The Morgan fingerprint density at radius 2 is 1.70 bits per heavy atom. The van der Waals surface area contributed by atoms with Gasteiger partial charge in [-0.05, 0) is 36.1 Å². The number of aromatic nitrogens is 3. The minimum atomic E-state index is -0.666. The summed E-state index contributed by atoms with van der Waals surface area (Å²) in [5, 5.41) is 0.0976. The highest BCUT2D eigenvalue weighted by Gasteiger charge is 2.35. The number of carbonyl (C=O) groups is 1. The third-order valence-electron chi connectivity index (χ3n) is 5.39. The number of hydrogen-bond acceptors (Lipinski definition) is 5. The third kappa shape index (κ3) is 4.16. The average molecular weight is 423 g/mol. The van der Waals surface area contributed by atoms with Gasteiger partial charge in [0.2, 0.25) is 5.95 Å². The normalized spacial score (nSPS) is 13.8. The van der Waals surface area contributed by atoms with Gasteiger partial charge in [0.05, 0.1) is 11.0 Å². The lowest BCUT2D eigenvalue weighted by molar-refractivity contribution is 0.100. The maximum Gasteiger partial charge on any atom is 0.281 e. The molecule has 0 aliphatic heterocycles. The summed E-state index contributed by atoms with van der Waals surface area (Å²) >= 11 is 6.02. The van der Waals surface area contributed by atoms with Crippen LogP contribution >= 0.6 is 11.6 Å². The molecule has 154 valence electrons. The summed E-state index contributed by atoms with van der Waals surface area (Å²) < 4.78 is 0. The van der Waals surface area contributed by atoms with Gasteiger partial charge in [-0.15, -0.1) is 0 Å². The highest BCUT2D eigenvalue weighted by Crippen LogP contribution is 2.34. The van der Waals surface area contributed by atoms with Crippen LogP contribution in [0.25, 0.3) is 11.1 Å². The molecule has 2 aromatic heterocycles. The number of hydrogen-bond donors (Lipinski definition) is 2. The molecular weight excluding hydrogens is 400 g/mol. The lowest BCUT2D eigenvalue weighted by atomic mass is 9.72. The van der Waals surface area contributed by atoms with Crippen molar-refractivity contribution in [2.45, 2.75) is 26.2 Å². The van der Waals surface area contributed by atoms with Gasteiger partial charge in [-0.1, -0.05) is 49.7 Å². The minimum absolute atomic E-state index is 0.0733. The third-order valence-corrected chi connectivity index (χ3v) is 5.69. The number of aliphatic imine (C=N–C) groups is 1. The predicted molar refractivity (Wildman–Crippen MR) is 119 cm³/mol. The van der Waals surface area contributed by atoms with Crippen LogP contribution in [-0.4, -0.2) is 26.7 Å². The van der Waals surface area contributed by atoms with E-state index >= 15 is 0 Å². The topological polar surface area (TPSA) is 120 Å². The second-order valence-corrected chi connectivity index (χ2v) is 7.77. The summed E-state index contributed by atoms with van der Waals surface area (Å²) in [7, 11) is 0. The zero-order chi connectivity index (χ0) is 21.9. The Labute approximate surface area is 180 Å². The molecule has 0 fully saturated rings. The second kappa shape index (κ2) is 8.59. The van der Waals surface area contributed by atoms with Crippen molar-refractivity contribution in [2.24, 2.45) is 16.6 Å². The van der Waals surface area contributed by atoms with E-state index in [1.54, 1.807) is 24.5 Å². The van der Waals surface area contributed by atoms with Crippen molar-refractivity contribution in [3.05, 3.63) is 71.3 Å². The van der Waals surface area contributed by atoms with E-state index in [9.17, 15) is 4.79 Å². The number of amidine groups is 1. The van der Waals surface area contributed by atoms with E-state index in [-0.39, 0.29) is 28.4 Å². The second-order valence-electron chi connectivity index (χ2n) is 7.41. The predicted octanol–water partition coefficient (Wildman–Crippen LogP) is 3.89. The van der Waals surface area contributed by atoms with Gasteiger partial charge >= 0.3 is 0 Å². The van der Waals surface area contributed by atoms with Crippen LogP contribution in [0.2, 0.25) is 5.15 Å². The molecule has 7 nitrogen and oxygen atoms in total. The van der Waals surface area contributed by atoms with Gasteiger partial charge in [-0.3, -0.25) is 4.79 Å². The number of benzene rings is 1. The highest BCUT2D eigenvalue weighted by atomic mass is 35.5. The molecule has 0 spiro atoms. The van der Waals surface area contributed by atoms with Crippen molar-refractivity contribution in [2.75, 3.05) is 5.73 Å². The first kappa shape index (κ1) is 21.4. The van der Waals surface area contributed by atoms with Gasteiger partial charge in [0.1, 0.15) is 11.0 Å². The summed E-state index contributed by atoms with van der Waals surface area (Å²) in [6.07, 6.45) is 4.86. The molecule has 0 aliphatic carbocycles. The van der Waals surface area contributed by atoms with Gasteiger partial charge in [-0.2, -0.15) is 4.99 Å². The highest BCUT2D eigenvalue weighted by molar-refractivity contribution is 6.32. The van der Waals surface area contributed by atoms with Gasteiger partial charge in [0, 0.05) is 24.2 Å². The molecule has 0 bridgehead atoms. The molecule has 0 saturated heterocycles. The summed E-state index contributed by atoms with van der Waals surface area (Å²) in [5.41, 5.74) is 14.2.